The summed E-state index contributed by atoms with van der Waals surface area (Å²) in [7, 11) is -3.93. The van der Waals surface area contributed by atoms with Crippen molar-refractivity contribution in [1.82, 2.24) is 10.0 Å². The summed E-state index contributed by atoms with van der Waals surface area (Å²) in [6.07, 6.45) is -0.503. The summed E-state index contributed by atoms with van der Waals surface area (Å²) >= 11 is 0. The molecule has 3 rings (SSSR count). The number of rotatable bonds is 14. The lowest BCUT2D eigenvalue weighted by Crippen LogP contribution is -2.34. The summed E-state index contributed by atoms with van der Waals surface area (Å²) in [4.78, 5) is 13.2. The van der Waals surface area contributed by atoms with Gasteiger partial charge in [-0.2, -0.15) is 0 Å². The van der Waals surface area contributed by atoms with Gasteiger partial charge in [-0.15, -0.1) is 0 Å². The predicted molar refractivity (Wildman–Crippen MR) is 153 cm³/mol. The van der Waals surface area contributed by atoms with Crippen LogP contribution in [0.1, 0.15) is 54.8 Å². The number of carbonyl (C=O) groups is 1. The molecule has 0 aliphatic heterocycles. The molecule has 4 N–H and O–H groups in total. The summed E-state index contributed by atoms with van der Waals surface area (Å²) in [5, 5.41) is 23.1. The number of amides is 1. The molecule has 210 valence electrons. The first kappa shape index (κ1) is 30.3. The maximum Gasteiger partial charge on any atom is 0.268 e. The SMILES string of the molecule is CC(C)Oc1c(C(=O)NS(=O)(=O)CCCO)ccc(-c2ccccc2)c1CCN[C@@H](C)[C@H](O)c1ccccc1. The third-order valence-electron chi connectivity index (χ3n) is 6.22. The van der Waals surface area contributed by atoms with E-state index in [-0.39, 0.29) is 36.5 Å². The van der Waals surface area contributed by atoms with E-state index in [0.717, 1.165) is 22.3 Å². The monoisotopic (exact) mass is 554 g/mol. The van der Waals surface area contributed by atoms with E-state index in [1.807, 2.05) is 81.4 Å². The number of ether oxygens (including phenoxy) is 1. The van der Waals surface area contributed by atoms with E-state index in [1.165, 1.54) is 0 Å². The molecule has 2 atom stereocenters. The number of aliphatic hydroxyl groups excluding tert-OH is 2. The zero-order valence-corrected chi connectivity index (χ0v) is 23.4. The van der Waals surface area contributed by atoms with Crippen LogP contribution in [0.25, 0.3) is 11.1 Å². The van der Waals surface area contributed by atoms with E-state index in [1.54, 1.807) is 12.1 Å². The number of hydrogen-bond acceptors (Lipinski definition) is 7. The average molecular weight is 555 g/mol. The molecule has 3 aromatic rings. The van der Waals surface area contributed by atoms with Crippen LogP contribution in [0.2, 0.25) is 0 Å². The van der Waals surface area contributed by atoms with Crippen LogP contribution in [-0.4, -0.2) is 55.6 Å². The van der Waals surface area contributed by atoms with Crippen molar-refractivity contribution in [3.63, 3.8) is 0 Å². The Balaban J connectivity index is 1.95. The van der Waals surface area contributed by atoms with Gasteiger partial charge in [0.05, 0.1) is 23.5 Å². The molecule has 0 aliphatic rings. The Morgan fingerprint density at radius 2 is 1.59 bits per heavy atom. The van der Waals surface area contributed by atoms with E-state index in [4.69, 9.17) is 9.84 Å². The lowest BCUT2D eigenvalue weighted by molar-refractivity contribution is 0.0975. The van der Waals surface area contributed by atoms with Gasteiger partial charge in [0, 0.05) is 18.2 Å². The van der Waals surface area contributed by atoms with Gasteiger partial charge in [0.1, 0.15) is 5.75 Å². The minimum absolute atomic E-state index is 0.0227. The van der Waals surface area contributed by atoms with Crippen molar-refractivity contribution in [2.24, 2.45) is 0 Å². The number of benzene rings is 3. The largest absolute Gasteiger partial charge is 0.490 e. The lowest BCUT2D eigenvalue weighted by atomic mass is 9.93. The van der Waals surface area contributed by atoms with Gasteiger partial charge >= 0.3 is 0 Å². The van der Waals surface area contributed by atoms with E-state index >= 15 is 0 Å². The fourth-order valence-corrected chi connectivity index (χ4v) is 5.29. The average Bonchev–Trinajstić information content (AvgIpc) is 2.92. The van der Waals surface area contributed by atoms with Crippen molar-refractivity contribution < 1.29 is 28.2 Å². The summed E-state index contributed by atoms with van der Waals surface area (Å²) in [5.41, 5.74) is 3.48. The van der Waals surface area contributed by atoms with Crippen molar-refractivity contribution >= 4 is 15.9 Å². The first-order chi connectivity index (χ1) is 18.6. The molecule has 0 saturated carbocycles. The van der Waals surface area contributed by atoms with Gasteiger partial charge in [-0.3, -0.25) is 4.79 Å². The molecule has 3 aromatic carbocycles. The Hall–Kier alpha value is -3.24. The van der Waals surface area contributed by atoms with E-state index in [2.05, 4.69) is 10.0 Å². The number of hydrogen-bond donors (Lipinski definition) is 4. The molecule has 39 heavy (non-hydrogen) atoms. The molecule has 0 spiro atoms. The smallest absolute Gasteiger partial charge is 0.268 e. The van der Waals surface area contributed by atoms with E-state index in [0.29, 0.717) is 18.7 Å². The Morgan fingerprint density at radius 3 is 2.21 bits per heavy atom. The number of aliphatic hydroxyl groups is 2. The highest BCUT2D eigenvalue weighted by Gasteiger charge is 2.25. The fourth-order valence-electron chi connectivity index (χ4n) is 4.29. The number of sulfonamides is 1. The molecule has 0 bridgehead atoms. The van der Waals surface area contributed by atoms with Gasteiger partial charge in [-0.1, -0.05) is 66.7 Å². The fraction of sp³-hybridized carbons (Fsp3) is 0.367. The van der Waals surface area contributed by atoms with Crippen molar-refractivity contribution in [3.05, 3.63) is 89.5 Å². The third-order valence-corrected chi connectivity index (χ3v) is 7.54. The topological polar surface area (TPSA) is 125 Å². The Morgan fingerprint density at radius 1 is 0.949 bits per heavy atom. The second kappa shape index (κ2) is 14.2. The number of carbonyl (C=O) groups excluding carboxylic acids is 1. The van der Waals surface area contributed by atoms with Gasteiger partial charge < -0.3 is 20.3 Å². The minimum atomic E-state index is -3.93. The zero-order valence-electron chi connectivity index (χ0n) is 22.6. The minimum Gasteiger partial charge on any atom is -0.490 e. The van der Waals surface area contributed by atoms with Crippen LogP contribution in [-0.2, 0) is 16.4 Å². The summed E-state index contributed by atoms with van der Waals surface area (Å²) < 4.78 is 33.0. The van der Waals surface area contributed by atoms with Crippen LogP contribution >= 0.6 is 0 Å². The Labute approximate surface area is 231 Å². The zero-order chi connectivity index (χ0) is 28.4. The highest BCUT2D eigenvalue weighted by molar-refractivity contribution is 7.90. The summed E-state index contributed by atoms with van der Waals surface area (Å²) in [6, 6.07) is 22.2. The maximum atomic E-state index is 13.2. The highest BCUT2D eigenvalue weighted by Crippen LogP contribution is 2.35. The van der Waals surface area contributed by atoms with E-state index < -0.39 is 22.0 Å². The highest BCUT2D eigenvalue weighted by atomic mass is 32.2. The molecular weight excluding hydrogens is 516 g/mol. The third kappa shape index (κ3) is 8.63. The molecule has 0 aromatic heterocycles. The summed E-state index contributed by atoms with van der Waals surface area (Å²) in [5.74, 6) is -0.833. The molecule has 9 heteroatoms. The van der Waals surface area contributed by atoms with E-state index in [9.17, 15) is 18.3 Å². The molecule has 1 amide bonds. The predicted octanol–water partition coefficient (Wildman–Crippen LogP) is 3.84. The first-order valence-electron chi connectivity index (χ1n) is 13.1. The molecule has 0 saturated heterocycles. The Bertz CT molecular complexity index is 1310. The molecule has 0 unspecified atom stereocenters. The van der Waals surface area contributed by atoms with Crippen molar-refractivity contribution in [3.8, 4) is 16.9 Å². The molecular formula is C30H38N2O6S. The molecule has 0 radical (unpaired) electrons. The molecule has 0 aliphatic carbocycles. The van der Waals surface area contributed by atoms with Crippen LogP contribution in [0.15, 0.2) is 72.8 Å². The summed E-state index contributed by atoms with van der Waals surface area (Å²) in [6.45, 7) is 5.77. The molecule has 0 fully saturated rings. The quantitative estimate of drug-likeness (QED) is 0.239. The normalized spacial score (nSPS) is 13.2. The van der Waals surface area contributed by atoms with Gasteiger partial charge in [0.15, 0.2) is 0 Å². The van der Waals surface area contributed by atoms with Crippen LogP contribution in [0.5, 0.6) is 5.75 Å². The molecule has 0 heterocycles. The first-order valence-corrected chi connectivity index (χ1v) is 14.8. The van der Waals surface area contributed by atoms with Crippen LogP contribution in [0.4, 0.5) is 0 Å². The van der Waals surface area contributed by atoms with Gasteiger partial charge in [0.2, 0.25) is 10.0 Å². The van der Waals surface area contributed by atoms with Crippen molar-refractivity contribution in [1.29, 1.82) is 0 Å². The second-order valence-electron chi connectivity index (χ2n) is 9.68. The Kier molecular flexibility index (Phi) is 11.1. The standard InChI is InChI=1S/C30H38N2O6S/c1-21(2)38-29-26(17-18-31-22(3)28(34)24-13-8-5-9-14-24)25(23-11-6-4-7-12-23)15-16-27(29)30(35)32-39(36,37)20-10-19-33/h4-9,11-16,21-22,28,31,33-34H,10,17-20H2,1-3H3,(H,32,35)/t22-,28-/m0/s1. The lowest BCUT2D eigenvalue weighted by Gasteiger charge is -2.23. The second-order valence-corrected chi connectivity index (χ2v) is 11.5. The van der Waals surface area contributed by atoms with Crippen LogP contribution in [0.3, 0.4) is 0 Å². The number of nitrogens with one attached hydrogen (secondary N) is 2. The van der Waals surface area contributed by atoms with Crippen molar-refractivity contribution in [2.75, 3.05) is 18.9 Å². The van der Waals surface area contributed by atoms with Crippen LogP contribution < -0.4 is 14.8 Å². The van der Waals surface area contributed by atoms with Crippen molar-refractivity contribution in [2.45, 2.75) is 51.9 Å². The van der Waals surface area contributed by atoms with Gasteiger partial charge in [-0.25, -0.2) is 13.1 Å². The van der Waals surface area contributed by atoms with Crippen LogP contribution in [0, 0.1) is 0 Å². The maximum absolute atomic E-state index is 13.2. The van der Waals surface area contributed by atoms with Gasteiger partial charge in [-0.05, 0) is 62.9 Å². The van der Waals surface area contributed by atoms with Gasteiger partial charge in [0.25, 0.3) is 5.91 Å². The molecule has 8 nitrogen and oxygen atoms in total.